The zero-order valence-corrected chi connectivity index (χ0v) is 22.5. The lowest BCUT2D eigenvalue weighted by atomic mass is 9.41. The second kappa shape index (κ2) is 10.6. The van der Waals surface area contributed by atoms with E-state index in [1.54, 1.807) is 32.8 Å². The average Bonchev–Trinajstić information content (AvgIpc) is 3.42. The van der Waals surface area contributed by atoms with Crippen molar-refractivity contribution in [1.82, 2.24) is 0 Å². The van der Waals surface area contributed by atoms with E-state index in [9.17, 15) is 14.7 Å². The van der Waals surface area contributed by atoms with Gasteiger partial charge in [-0.25, -0.2) is 0 Å². The van der Waals surface area contributed by atoms with E-state index in [0.29, 0.717) is 19.4 Å². The van der Waals surface area contributed by atoms with Gasteiger partial charge in [-0.3, -0.25) is 9.59 Å². The molecule has 206 valence electrons. The largest absolute Gasteiger partial charge is 0.472 e. The third kappa shape index (κ3) is 4.51. The number of benzene rings is 1. The molecule has 0 spiro atoms. The van der Waals surface area contributed by atoms with Gasteiger partial charge in [0.2, 0.25) is 0 Å². The SMILES string of the molecule is COC(OC)[C@@H]1C[C@H](COCc2ccccc2)C(=O)[C@H]2[C@@]1(C)CC(O)C1C(=O)O[C@H](c3ccoc3)C[C@@]12C. The number of hydrogen-bond donors (Lipinski definition) is 1. The zero-order valence-electron chi connectivity index (χ0n) is 22.5. The Bertz CT molecular complexity index is 1110. The fourth-order valence-electron chi connectivity index (χ4n) is 7.86. The monoisotopic (exact) mass is 526 g/mol. The van der Waals surface area contributed by atoms with Crippen molar-refractivity contribution >= 4 is 11.8 Å². The minimum Gasteiger partial charge on any atom is -0.472 e. The van der Waals surface area contributed by atoms with Crippen LogP contribution in [0.25, 0.3) is 0 Å². The molecule has 8 heteroatoms. The molecular formula is C30H38O8. The Balaban J connectivity index is 1.50. The van der Waals surface area contributed by atoms with Crippen molar-refractivity contribution in [3.63, 3.8) is 0 Å². The Kier molecular flexibility index (Phi) is 7.52. The van der Waals surface area contributed by atoms with Crippen LogP contribution in [0.4, 0.5) is 0 Å². The number of esters is 1. The van der Waals surface area contributed by atoms with Gasteiger partial charge in [-0.05, 0) is 41.7 Å². The molecule has 2 unspecified atom stereocenters. The van der Waals surface area contributed by atoms with E-state index in [0.717, 1.165) is 11.1 Å². The Labute approximate surface area is 223 Å². The van der Waals surface area contributed by atoms with E-state index in [-0.39, 0.29) is 24.7 Å². The van der Waals surface area contributed by atoms with E-state index in [4.69, 9.17) is 23.4 Å². The molecule has 3 fully saturated rings. The Morgan fingerprint density at radius 3 is 2.45 bits per heavy atom. The van der Waals surface area contributed by atoms with Crippen molar-refractivity contribution in [3.05, 3.63) is 60.1 Å². The standard InChI is InChI=1S/C30H38O8/c1-29-13-22(31)24-27(33)38-23(19-10-11-36-16-19)14-30(24,2)26(29)25(32)20(12-21(29)28(34-3)35-4)17-37-15-18-8-6-5-7-9-18/h5-11,16,20-24,26,28,31H,12-15,17H2,1-4H3/t20-,21+,22?,23+,24?,26+,29+,30+/m1/s1. The number of aliphatic hydroxyl groups is 1. The van der Waals surface area contributed by atoms with Crippen LogP contribution in [0.3, 0.4) is 0 Å². The summed E-state index contributed by atoms with van der Waals surface area (Å²) in [4.78, 5) is 27.8. The number of cyclic esters (lactones) is 1. The summed E-state index contributed by atoms with van der Waals surface area (Å²) in [5.74, 6) is -2.32. The second-order valence-electron chi connectivity index (χ2n) is 11.7. The molecule has 8 atom stereocenters. The Morgan fingerprint density at radius 2 is 1.79 bits per heavy atom. The first-order valence-corrected chi connectivity index (χ1v) is 13.3. The number of furan rings is 1. The summed E-state index contributed by atoms with van der Waals surface area (Å²) >= 11 is 0. The van der Waals surface area contributed by atoms with E-state index in [1.165, 1.54) is 0 Å². The number of aliphatic hydroxyl groups excluding tert-OH is 1. The van der Waals surface area contributed by atoms with Gasteiger partial charge in [-0.15, -0.1) is 0 Å². The van der Waals surface area contributed by atoms with Crippen LogP contribution >= 0.6 is 0 Å². The van der Waals surface area contributed by atoms with Gasteiger partial charge in [-0.2, -0.15) is 0 Å². The summed E-state index contributed by atoms with van der Waals surface area (Å²) in [6.45, 7) is 4.68. The predicted octanol–water partition coefficient (Wildman–Crippen LogP) is 4.32. The number of carbonyl (C=O) groups excluding carboxylic acids is 2. The first-order valence-electron chi connectivity index (χ1n) is 13.3. The molecule has 0 amide bonds. The fraction of sp³-hybridized carbons (Fsp3) is 0.600. The minimum atomic E-state index is -0.949. The molecule has 1 aromatic carbocycles. The van der Waals surface area contributed by atoms with Crippen LogP contribution in [0.15, 0.2) is 53.3 Å². The highest BCUT2D eigenvalue weighted by molar-refractivity contribution is 5.88. The van der Waals surface area contributed by atoms with Gasteiger partial charge in [0, 0.05) is 37.5 Å². The second-order valence-corrected chi connectivity index (χ2v) is 11.7. The van der Waals surface area contributed by atoms with Crippen molar-refractivity contribution in [3.8, 4) is 0 Å². The van der Waals surface area contributed by atoms with Crippen LogP contribution in [0, 0.1) is 34.5 Å². The molecule has 1 aromatic heterocycles. The normalized spacial score (nSPS) is 37.0. The number of carbonyl (C=O) groups is 2. The average molecular weight is 527 g/mol. The molecule has 0 radical (unpaired) electrons. The maximum Gasteiger partial charge on any atom is 0.312 e. The van der Waals surface area contributed by atoms with Crippen molar-refractivity contribution < 1.29 is 38.1 Å². The van der Waals surface area contributed by atoms with Crippen LogP contribution in [0.1, 0.15) is 50.3 Å². The molecule has 1 saturated heterocycles. The van der Waals surface area contributed by atoms with E-state index < -0.39 is 53.1 Å². The molecular weight excluding hydrogens is 488 g/mol. The lowest BCUT2D eigenvalue weighted by Gasteiger charge is -2.63. The first kappa shape index (κ1) is 27.1. The van der Waals surface area contributed by atoms with E-state index >= 15 is 0 Å². The maximum atomic E-state index is 14.4. The number of methoxy groups -OCH3 is 2. The minimum absolute atomic E-state index is 0.0720. The maximum absolute atomic E-state index is 14.4. The van der Waals surface area contributed by atoms with Crippen LogP contribution in [-0.2, 0) is 35.1 Å². The van der Waals surface area contributed by atoms with Gasteiger partial charge in [0.1, 0.15) is 11.9 Å². The molecule has 38 heavy (non-hydrogen) atoms. The Hall–Kier alpha value is -2.52. The number of rotatable bonds is 8. The number of ketones is 1. The summed E-state index contributed by atoms with van der Waals surface area (Å²) in [6.07, 6.45) is 2.23. The number of Topliss-reactive ketones (excluding diaryl/α,β-unsaturated/α-hetero) is 1. The van der Waals surface area contributed by atoms with Crippen LogP contribution in [0.2, 0.25) is 0 Å². The van der Waals surface area contributed by atoms with Crippen LogP contribution in [0.5, 0.6) is 0 Å². The summed E-state index contributed by atoms with van der Waals surface area (Å²) in [5, 5.41) is 11.4. The smallest absolute Gasteiger partial charge is 0.312 e. The van der Waals surface area contributed by atoms with Gasteiger partial charge in [0.05, 0.1) is 37.8 Å². The molecule has 2 aliphatic carbocycles. The highest BCUT2D eigenvalue weighted by Gasteiger charge is 2.69. The van der Waals surface area contributed by atoms with Gasteiger partial charge in [0.15, 0.2) is 6.29 Å². The highest BCUT2D eigenvalue weighted by Crippen LogP contribution is 2.66. The number of fused-ring (bicyclic) bond motifs is 3. The third-order valence-electron chi connectivity index (χ3n) is 9.41. The van der Waals surface area contributed by atoms with Crippen molar-refractivity contribution in [1.29, 1.82) is 0 Å². The van der Waals surface area contributed by atoms with E-state index in [2.05, 4.69) is 0 Å². The zero-order chi connectivity index (χ0) is 27.1. The molecule has 8 nitrogen and oxygen atoms in total. The van der Waals surface area contributed by atoms with Gasteiger partial charge in [0.25, 0.3) is 0 Å². The lowest BCUT2D eigenvalue weighted by Crippen LogP contribution is -2.67. The molecule has 1 N–H and O–H groups in total. The first-order chi connectivity index (χ1) is 18.2. The number of hydrogen-bond acceptors (Lipinski definition) is 8. The quantitative estimate of drug-likeness (QED) is 0.401. The molecule has 2 aromatic rings. The van der Waals surface area contributed by atoms with Gasteiger partial charge < -0.3 is 28.5 Å². The summed E-state index contributed by atoms with van der Waals surface area (Å²) in [6, 6.07) is 11.6. The van der Waals surface area contributed by atoms with E-state index in [1.807, 2.05) is 44.2 Å². The van der Waals surface area contributed by atoms with Crippen LogP contribution in [-0.4, -0.2) is 50.1 Å². The molecule has 3 aliphatic rings. The van der Waals surface area contributed by atoms with Gasteiger partial charge in [-0.1, -0.05) is 44.2 Å². The highest BCUT2D eigenvalue weighted by atomic mass is 16.7. The lowest BCUT2D eigenvalue weighted by molar-refractivity contribution is -0.248. The Morgan fingerprint density at radius 1 is 1.05 bits per heavy atom. The molecule has 2 saturated carbocycles. The predicted molar refractivity (Wildman–Crippen MR) is 136 cm³/mol. The van der Waals surface area contributed by atoms with Crippen molar-refractivity contribution in [2.75, 3.05) is 20.8 Å². The van der Waals surface area contributed by atoms with Crippen molar-refractivity contribution in [2.45, 2.75) is 58.2 Å². The topological polar surface area (TPSA) is 104 Å². The third-order valence-corrected chi connectivity index (χ3v) is 9.41. The molecule has 1 aliphatic heterocycles. The van der Waals surface area contributed by atoms with Gasteiger partial charge >= 0.3 is 5.97 Å². The molecule has 0 bridgehead atoms. The van der Waals surface area contributed by atoms with Crippen LogP contribution < -0.4 is 0 Å². The summed E-state index contributed by atoms with van der Waals surface area (Å²) in [7, 11) is 3.20. The number of ether oxygens (including phenoxy) is 4. The summed E-state index contributed by atoms with van der Waals surface area (Å²) in [5.41, 5.74) is 0.277. The van der Waals surface area contributed by atoms with Crippen molar-refractivity contribution in [2.24, 2.45) is 34.5 Å². The molecule has 2 heterocycles. The fourth-order valence-corrected chi connectivity index (χ4v) is 7.86. The summed E-state index contributed by atoms with van der Waals surface area (Å²) < 4.78 is 28.6. The molecule has 5 rings (SSSR count).